The Morgan fingerprint density at radius 1 is 1.50 bits per heavy atom. The van der Waals surface area contributed by atoms with Crippen molar-refractivity contribution in [3.8, 4) is 0 Å². The summed E-state index contributed by atoms with van der Waals surface area (Å²) in [6, 6.07) is 3.92. The van der Waals surface area contributed by atoms with E-state index in [9.17, 15) is 5.11 Å². The molecule has 3 atom stereocenters. The predicted molar refractivity (Wildman–Crippen MR) is 70.5 cm³/mol. The number of furan rings is 1. The minimum Gasteiger partial charge on any atom is -0.463 e. The molecule has 0 radical (unpaired) electrons. The lowest BCUT2D eigenvalue weighted by atomic mass is 9.99. The summed E-state index contributed by atoms with van der Waals surface area (Å²) in [5, 5.41) is 10.1. The maximum atomic E-state index is 10.1. The van der Waals surface area contributed by atoms with Gasteiger partial charge in [0.25, 0.3) is 0 Å². The van der Waals surface area contributed by atoms with E-state index < -0.39 is 6.10 Å². The van der Waals surface area contributed by atoms with Crippen molar-refractivity contribution in [2.75, 3.05) is 7.11 Å². The van der Waals surface area contributed by atoms with Crippen LogP contribution in [0.1, 0.15) is 63.6 Å². The van der Waals surface area contributed by atoms with Gasteiger partial charge in [0.1, 0.15) is 17.6 Å². The Labute approximate surface area is 109 Å². The average molecular weight is 252 g/mol. The summed E-state index contributed by atoms with van der Waals surface area (Å²) in [7, 11) is 1.70. The van der Waals surface area contributed by atoms with Crippen LogP contribution >= 0.6 is 0 Å². The molecule has 1 aliphatic rings. The Bertz CT molecular complexity index is 394. The Kier molecular flexibility index (Phi) is 3.83. The maximum absolute atomic E-state index is 10.1. The van der Waals surface area contributed by atoms with E-state index in [4.69, 9.17) is 9.15 Å². The van der Waals surface area contributed by atoms with Crippen molar-refractivity contribution in [2.24, 2.45) is 5.92 Å². The van der Waals surface area contributed by atoms with Gasteiger partial charge < -0.3 is 14.3 Å². The Hall–Kier alpha value is -0.800. The van der Waals surface area contributed by atoms with Gasteiger partial charge >= 0.3 is 0 Å². The zero-order valence-corrected chi connectivity index (χ0v) is 11.8. The van der Waals surface area contributed by atoms with E-state index in [2.05, 4.69) is 6.92 Å². The Morgan fingerprint density at radius 3 is 2.72 bits per heavy atom. The fourth-order valence-electron chi connectivity index (χ4n) is 2.19. The number of rotatable bonds is 6. The van der Waals surface area contributed by atoms with E-state index in [0.29, 0.717) is 18.1 Å². The monoisotopic (exact) mass is 252 g/mol. The van der Waals surface area contributed by atoms with Crippen molar-refractivity contribution in [3.05, 3.63) is 23.7 Å². The van der Waals surface area contributed by atoms with Crippen molar-refractivity contribution < 1.29 is 14.3 Å². The lowest BCUT2D eigenvalue weighted by Crippen LogP contribution is -2.23. The molecule has 102 valence electrons. The quantitative estimate of drug-likeness (QED) is 0.840. The third-order valence-corrected chi connectivity index (χ3v) is 4.02. The first kappa shape index (κ1) is 13.6. The number of ether oxygens (including phenoxy) is 1. The largest absolute Gasteiger partial charge is 0.463 e. The molecule has 0 saturated heterocycles. The number of hydrogen-bond acceptors (Lipinski definition) is 3. The molecule has 1 fully saturated rings. The molecule has 18 heavy (non-hydrogen) atoms. The fourth-order valence-corrected chi connectivity index (χ4v) is 2.19. The molecular formula is C15H24O3. The molecule has 1 aromatic heterocycles. The van der Waals surface area contributed by atoms with Gasteiger partial charge in [-0.05, 0) is 51.2 Å². The van der Waals surface area contributed by atoms with Crippen LogP contribution in [0.3, 0.4) is 0 Å². The normalized spacial score (nSPS) is 25.2. The molecule has 0 spiro atoms. The first-order valence-electron chi connectivity index (χ1n) is 6.76. The molecule has 1 aromatic rings. The first-order chi connectivity index (χ1) is 8.43. The first-order valence-corrected chi connectivity index (χ1v) is 6.76. The van der Waals surface area contributed by atoms with Gasteiger partial charge in [0.2, 0.25) is 0 Å². The van der Waals surface area contributed by atoms with Crippen molar-refractivity contribution in [3.63, 3.8) is 0 Å². The molecule has 1 aliphatic carbocycles. The van der Waals surface area contributed by atoms with Gasteiger partial charge in [-0.25, -0.2) is 0 Å². The molecule has 0 bridgehead atoms. The SMILES string of the molecule is COC(C)(C)CCC(O)c1ccc(C2CC2C)o1. The fraction of sp³-hybridized carbons (Fsp3) is 0.733. The summed E-state index contributed by atoms with van der Waals surface area (Å²) in [4.78, 5) is 0. The number of aliphatic hydroxyl groups excluding tert-OH is 1. The van der Waals surface area contributed by atoms with Crippen LogP contribution < -0.4 is 0 Å². The van der Waals surface area contributed by atoms with Crippen LogP contribution in [-0.4, -0.2) is 17.8 Å². The summed E-state index contributed by atoms with van der Waals surface area (Å²) in [6.45, 7) is 6.28. The van der Waals surface area contributed by atoms with E-state index in [1.807, 2.05) is 26.0 Å². The lowest BCUT2D eigenvalue weighted by molar-refractivity contribution is 0.000679. The van der Waals surface area contributed by atoms with Gasteiger partial charge in [-0.15, -0.1) is 0 Å². The second kappa shape index (κ2) is 5.06. The number of hydrogen-bond donors (Lipinski definition) is 1. The van der Waals surface area contributed by atoms with Crippen molar-refractivity contribution in [1.29, 1.82) is 0 Å². The molecule has 1 saturated carbocycles. The molecule has 3 heteroatoms. The van der Waals surface area contributed by atoms with Gasteiger partial charge in [0, 0.05) is 13.0 Å². The third kappa shape index (κ3) is 3.15. The van der Waals surface area contributed by atoms with Crippen molar-refractivity contribution in [1.82, 2.24) is 0 Å². The van der Waals surface area contributed by atoms with Crippen molar-refractivity contribution in [2.45, 2.75) is 57.7 Å². The standard InChI is InChI=1S/C15H24O3/c1-10-9-11(10)13-5-6-14(18-13)12(16)7-8-15(2,3)17-4/h5-6,10-12,16H,7-9H2,1-4H3. The van der Waals surface area contributed by atoms with E-state index >= 15 is 0 Å². The van der Waals surface area contributed by atoms with Crippen LogP contribution in [0, 0.1) is 5.92 Å². The highest BCUT2D eigenvalue weighted by Crippen LogP contribution is 2.47. The lowest BCUT2D eigenvalue weighted by Gasteiger charge is -2.23. The summed E-state index contributed by atoms with van der Waals surface area (Å²) in [5.74, 6) is 3.02. The zero-order chi connectivity index (χ0) is 13.3. The van der Waals surface area contributed by atoms with E-state index in [1.165, 1.54) is 6.42 Å². The molecular weight excluding hydrogens is 228 g/mol. The number of methoxy groups -OCH3 is 1. The van der Waals surface area contributed by atoms with E-state index in [1.54, 1.807) is 7.11 Å². The minimum atomic E-state index is -0.526. The highest BCUT2D eigenvalue weighted by atomic mass is 16.5. The van der Waals surface area contributed by atoms with Gasteiger partial charge in [-0.1, -0.05) is 6.92 Å². The second-order valence-corrected chi connectivity index (χ2v) is 6.08. The Balaban J connectivity index is 1.89. The third-order valence-electron chi connectivity index (χ3n) is 4.02. The molecule has 0 aliphatic heterocycles. The smallest absolute Gasteiger partial charge is 0.132 e. The van der Waals surface area contributed by atoms with E-state index in [-0.39, 0.29) is 5.60 Å². The molecule has 1 N–H and O–H groups in total. The van der Waals surface area contributed by atoms with Crippen LogP contribution in [0.5, 0.6) is 0 Å². The summed E-state index contributed by atoms with van der Waals surface area (Å²) in [5.41, 5.74) is -0.193. The van der Waals surface area contributed by atoms with Crippen LogP contribution in [0.2, 0.25) is 0 Å². The average Bonchev–Trinajstić information content (AvgIpc) is 2.88. The summed E-state index contributed by atoms with van der Waals surface area (Å²) >= 11 is 0. The highest BCUT2D eigenvalue weighted by molar-refractivity contribution is 5.18. The van der Waals surface area contributed by atoms with E-state index in [0.717, 1.165) is 18.1 Å². The van der Waals surface area contributed by atoms with Crippen molar-refractivity contribution >= 4 is 0 Å². The maximum Gasteiger partial charge on any atom is 0.132 e. The Morgan fingerprint density at radius 2 is 2.17 bits per heavy atom. The van der Waals surface area contributed by atoms with Gasteiger partial charge in [0.05, 0.1) is 5.60 Å². The molecule has 0 amide bonds. The topological polar surface area (TPSA) is 42.6 Å². The molecule has 2 rings (SSSR count). The predicted octanol–water partition coefficient (Wildman–Crippen LogP) is 3.64. The zero-order valence-electron chi connectivity index (χ0n) is 11.8. The van der Waals surface area contributed by atoms with Crippen LogP contribution in [0.4, 0.5) is 0 Å². The second-order valence-electron chi connectivity index (χ2n) is 6.08. The number of aliphatic hydroxyl groups is 1. The molecule has 3 nitrogen and oxygen atoms in total. The molecule has 1 heterocycles. The summed E-state index contributed by atoms with van der Waals surface area (Å²) < 4.78 is 11.1. The van der Waals surface area contributed by atoms with Gasteiger partial charge in [-0.2, -0.15) is 0 Å². The molecule has 3 unspecified atom stereocenters. The van der Waals surface area contributed by atoms with Crippen LogP contribution in [0.15, 0.2) is 16.5 Å². The van der Waals surface area contributed by atoms with Crippen LogP contribution in [-0.2, 0) is 4.74 Å². The summed E-state index contributed by atoms with van der Waals surface area (Å²) in [6.07, 6.45) is 2.15. The molecule has 0 aromatic carbocycles. The van der Waals surface area contributed by atoms with Crippen LogP contribution in [0.25, 0.3) is 0 Å². The highest BCUT2D eigenvalue weighted by Gasteiger charge is 2.37. The minimum absolute atomic E-state index is 0.193. The van der Waals surface area contributed by atoms with Gasteiger partial charge in [0.15, 0.2) is 0 Å². The van der Waals surface area contributed by atoms with Gasteiger partial charge in [-0.3, -0.25) is 0 Å².